The standard InChI is InChI=1S/C17H24O4/c1-11(2)15(9-12(3)21-13(4)18)14-7-8-16(19-5)17(10-14)20-6/h7-12H,1-6H3/b15-9+/t12-/m1/s1. The van der Waals surface area contributed by atoms with Crippen molar-refractivity contribution in [2.24, 2.45) is 5.92 Å². The monoisotopic (exact) mass is 292 g/mol. The van der Waals surface area contributed by atoms with Gasteiger partial charge in [-0.05, 0) is 42.2 Å². The highest BCUT2D eigenvalue weighted by Gasteiger charge is 2.13. The molecule has 0 aliphatic carbocycles. The van der Waals surface area contributed by atoms with E-state index in [0.29, 0.717) is 17.4 Å². The van der Waals surface area contributed by atoms with E-state index in [4.69, 9.17) is 14.2 Å². The smallest absolute Gasteiger partial charge is 0.303 e. The predicted octanol–water partition coefficient (Wildman–Crippen LogP) is 3.69. The van der Waals surface area contributed by atoms with Gasteiger partial charge in [-0.15, -0.1) is 0 Å². The number of carbonyl (C=O) groups is 1. The fourth-order valence-corrected chi connectivity index (χ4v) is 2.19. The molecule has 0 unspecified atom stereocenters. The zero-order valence-corrected chi connectivity index (χ0v) is 13.6. The maximum absolute atomic E-state index is 11.0. The summed E-state index contributed by atoms with van der Waals surface area (Å²) in [4.78, 5) is 11.0. The first kappa shape index (κ1) is 17.1. The summed E-state index contributed by atoms with van der Waals surface area (Å²) in [7, 11) is 3.22. The van der Waals surface area contributed by atoms with Crippen LogP contribution in [0, 0.1) is 5.92 Å². The number of rotatable bonds is 6. The zero-order valence-electron chi connectivity index (χ0n) is 13.6. The first-order valence-electron chi connectivity index (χ1n) is 7.00. The van der Waals surface area contributed by atoms with E-state index in [1.54, 1.807) is 14.2 Å². The number of ether oxygens (including phenoxy) is 3. The third-order valence-electron chi connectivity index (χ3n) is 3.11. The molecule has 0 saturated heterocycles. The molecule has 1 rings (SSSR count). The Morgan fingerprint density at radius 3 is 2.19 bits per heavy atom. The van der Waals surface area contributed by atoms with Crippen molar-refractivity contribution >= 4 is 11.5 Å². The van der Waals surface area contributed by atoms with E-state index in [-0.39, 0.29) is 12.1 Å². The summed E-state index contributed by atoms with van der Waals surface area (Å²) in [6.45, 7) is 7.46. The Morgan fingerprint density at radius 2 is 1.71 bits per heavy atom. The zero-order chi connectivity index (χ0) is 16.0. The van der Waals surface area contributed by atoms with Gasteiger partial charge in [0, 0.05) is 6.92 Å². The van der Waals surface area contributed by atoms with E-state index in [0.717, 1.165) is 11.1 Å². The maximum Gasteiger partial charge on any atom is 0.303 e. The largest absolute Gasteiger partial charge is 0.493 e. The molecule has 0 radical (unpaired) electrons. The van der Waals surface area contributed by atoms with Crippen LogP contribution in [-0.4, -0.2) is 26.3 Å². The van der Waals surface area contributed by atoms with Crippen LogP contribution in [0.5, 0.6) is 11.5 Å². The lowest BCUT2D eigenvalue weighted by Crippen LogP contribution is -2.11. The van der Waals surface area contributed by atoms with Gasteiger partial charge < -0.3 is 14.2 Å². The Kier molecular flexibility index (Phi) is 6.28. The third kappa shape index (κ3) is 4.81. The third-order valence-corrected chi connectivity index (χ3v) is 3.11. The van der Waals surface area contributed by atoms with Gasteiger partial charge in [-0.1, -0.05) is 19.9 Å². The SMILES string of the molecule is COc1ccc(/C(=C/[C@@H](C)OC(C)=O)C(C)C)cc1OC. The van der Waals surface area contributed by atoms with E-state index >= 15 is 0 Å². The number of hydrogen-bond acceptors (Lipinski definition) is 4. The molecule has 0 fully saturated rings. The Bertz CT molecular complexity index is 518. The first-order valence-corrected chi connectivity index (χ1v) is 7.00. The highest BCUT2D eigenvalue weighted by molar-refractivity contribution is 5.71. The average Bonchev–Trinajstić information content (AvgIpc) is 2.43. The predicted molar refractivity (Wildman–Crippen MR) is 83.6 cm³/mol. The van der Waals surface area contributed by atoms with Crippen LogP contribution in [0.15, 0.2) is 24.3 Å². The summed E-state index contributed by atoms with van der Waals surface area (Å²) < 4.78 is 15.8. The lowest BCUT2D eigenvalue weighted by atomic mass is 9.93. The van der Waals surface area contributed by atoms with Gasteiger partial charge in [0.1, 0.15) is 6.10 Å². The molecule has 1 atom stereocenters. The molecule has 0 aliphatic heterocycles. The number of hydrogen-bond donors (Lipinski definition) is 0. The van der Waals surface area contributed by atoms with E-state index in [2.05, 4.69) is 13.8 Å². The van der Waals surface area contributed by atoms with E-state index < -0.39 is 0 Å². The molecule has 0 spiro atoms. The van der Waals surface area contributed by atoms with Crippen LogP contribution < -0.4 is 9.47 Å². The van der Waals surface area contributed by atoms with Crippen LogP contribution in [0.25, 0.3) is 5.57 Å². The Balaban J connectivity index is 3.17. The summed E-state index contributed by atoms with van der Waals surface area (Å²) in [5.41, 5.74) is 2.13. The highest BCUT2D eigenvalue weighted by Crippen LogP contribution is 2.33. The Morgan fingerprint density at radius 1 is 1.10 bits per heavy atom. The molecule has 0 heterocycles. The molecule has 4 nitrogen and oxygen atoms in total. The fourth-order valence-electron chi connectivity index (χ4n) is 2.19. The molecule has 0 bridgehead atoms. The maximum atomic E-state index is 11.0. The molecule has 116 valence electrons. The highest BCUT2D eigenvalue weighted by atomic mass is 16.5. The molecule has 0 saturated carbocycles. The number of allylic oxidation sites excluding steroid dienone is 1. The Hall–Kier alpha value is -1.97. The van der Waals surface area contributed by atoms with Crippen molar-refractivity contribution in [1.29, 1.82) is 0 Å². The number of carbonyl (C=O) groups excluding carboxylic acids is 1. The fraction of sp³-hybridized carbons (Fsp3) is 0.471. The molecule has 0 amide bonds. The van der Waals surface area contributed by atoms with Crippen molar-refractivity contribution in [2.45, 2.75) is 33.8 Å². The number of benzene rings is 1. The van der Waals surface area contributed by atoms with Crippen LogP contribution in [0.4, 0.5) is 0 Å². The minimum atomic E-state index is -0.283. The molecule has 21 heavy (non-hydrogen) atoms. The summed E-state index contributed by atoms with van der Waals surface area (Å²) in [5.74, 6) is 1.38. The van der Waals surface area contributed by atoms with Crippen LogP contribution in [0.3, 0.4) is 0 Å². The van der Waals surface area contributed by atoms with Crippen molar-refractivity contribution in [3.63, 3.8) is 0 Å². The normalized spacial score (nSPS) is 13.0. The second kappa shape index (κ2) is 7.72. The van der Waals surface area contributed by atoms with Gasteiger partial charge >= 0.3 is 5.97 Å². The van der Waals surface area contributed by atoms with Crippen LogP contribution >= 0.6 is 0 Å². The molecular weight excluding hydrogens is 268 g/mol. The summed E-state index contributed by atoms with van der Waals surface area (Å²) in [5, 5.41) is 0. The van der Waals surface area contributed by atoms with Gasteiger partial charge in [-0.25, -0.2) is 0 Å². The van der Waals surface area contributed by atoms with Gasteiger partial charge in [-0.2, -0.15) is 0 Å². The van der Waals surface area contributed by atoms with Crippen molar-refractivity contribution in [3.8, 4) is 11.5 Å². The molecular formula is C17H24O4. The summed E-state index contributed by atoms with van der Waals surface area (Å²) in [6.07, 6.45) is 1.70. The molecule has 1 aromatic carbocycles. The van der Waals surface area contributed by atoms with Crippen molar-refractivity contribution < 1.29 is 19.0 Å². The van der Waals surface area contributed by atoms with Gasteiger partial charge in [-0.3, -0.25) is 4.79 Å². The second-order valence-electron chi connectivity index (χ2n) is 5.16. The van der Waals surface area contributed by atoms with Crippen LogP contribution in [0.1, 0.15) is 33.3 Å². The van der Waals surface area contributed by atoms with Crippen LogP contribution in [-0.2, 0) is 9.53 Å². The van der Waals surface area contributed by atoms with Crippen molar-refractivity contribution in [2.75, 3.05) is 14.2 Å². The molecule has 1 aromatic rings. The van der Waals surface area contributed by atoms with Gasteiger partial charge in [0.2, 0.25) is 0 Å². The topological polar surface area (TPSA) is 44.8 Å². The quantitative estimate of drug-likeness (QED) is 0.750. The molecule has 0 aromatic heterocycles. The van der Waals surface area contributed by atoms with Crippen molar-refractivity contribution in [3.05, 3.63) is 29.8 Å². The Labute approximate surface area is 126 Å². The minimum Gasteiger partial charge on any atom is -0.493 e. The van der Waals surface area contributed by atoms with Crippen molar-refractivity contribution in [1.82, 2.24) is 0 Å². The first-order chi connectivity index (χ1) is 9.88. The van der Waals surface area contributed by atoms with E-state index in [1.165, 1.54) is 6.92 Å². The average molecular weight is 292 g/mol. The van der Waals surface area contributed by atoms with Gasteiger partial charge in [0.05, 0.1) is 14.2 Å². The van der Waals surface area contributed by atoms with Gasteiger partial charge in [0.25, 0.3) is 0 Å². The lowest BCUT2D eigenvalue weighted by Gasteiger charge is -2.17. The van der Waals surface area contributed by atoms with E-state index in [1.807, 2.05) is 31.2 Å². The lowest BCUT2D eigenvalue weighted by molar-refractivity contribution is -0.143. The molecule has 0 aliphatic rings. The van der Waals surface area contributed by atoms with Gasteiger partial charge in [0.15, 0.2) is 11.5 Å². The summed E-state index contributed by atoms with van der Waals surface area (Å²) >= 11 is 0. The van der Waals surface area contributed by atoms with Crippen LogP contribution in [0.2, 0.25) is 0 Å². The minimum absolute atomic E-state index is 0.270. The number of methoxy groups -OCH3 is 2. The number of esters is 1. The molecule has 4 heteroatoms. The second-order valence-corrected chi connectivity index (χ2v) is 5.16. The molecule has 0 N–H and O–H groups in total. The van der Waals surface area contributed by atoms with E-state index in [9.17, 15) is 4.79 Å². The summed E-state index contributed by atoms with van der Waals surface area (Å²) in [6, 6.07) is 5.79.